The zero-order valence-electron chi connectivity index (χ0n) is 13.9. The second-order valence-corrected chi connectivity index (χ2v) is 6.61. The molecule has 0 radical (unpaired) electrons. The van der Waals surface area contributed by atoms with Crippen molar-refractivity contribution >= 4 is 33.5 Å². The molecule has 0 aliphatic rings. The van der Waals surface area contributed by atoms with Crippen molar-refractivity contribution in [1.82, 2.24) is 0 Å². The lowest BCUT2D eigenvalue weighted by atomic mass is 10.1. The van der Waals surface area contributed by atoms with Crippen LogP contribution in [-0.2, 0) is 6.18 Å². The van der Waals surface area contributed by atoms with Gasteiger partial charge >= 0.3 is 12.1 Å². The van der Waals surface area contributed by atoms with Gasteiger partial charge in [0.05, 0.1) is 16.8 Å². The maximum Gasteiger partial charge on any atom is 0.416 e. The van der Waals surface area contributed by atoms with Crippen molar-refractivity contribution in [3.05, 3.63) is 76.0 Å². The number of halogens is 4. The third-order valence-corrected chi connectivity index (χ3v) is 4.26. The van der Waals surface area contributed by atoms with Crippen molar-refractivity contribution < 1.29 is 32.3 Å². The number of benzene rings is 2. The van der Waals surface area contributed by atoms with Gasteiger partial charge < -0.3 is 14.8 Å². The molecule has 3 rings (SSSR count). The minimum absolute atomic E-state index is 0.0534. The molecule has 0 aliphatic carbocycles. The molecule has 0 saturated carbocycles. The number of alkyl halides is 3. The van der Waals surface area contributed by atoms with E-state index in [1.165, 1.54) is 36.4 Å². The number of hydrogen-bond acceptors (Lipinski definition) is 3. The lowest BCUT2D eigenvalue weighted by Crippen LogP contribution is -2.14. The Labute approximate surface area is 164 Å². The Balaban J connectivity index is 1.85. The molecule has 1 aromatic heterocycles. The number of amides is 1. The van der Waals surface area contributed by atoms with E-state index in [9.17, 15) is 27.9 Å². The van der Waals surface area contributed by atoms with Crippen molar-refractivity contribution in [2.75, 3.05) is 5.32 Å². The summed E-state index contributed by atoms with van der Waals surface area (Å²) in [6.45, 7) is 0. The molecule has 144 valence electrons. The Kier molecular flexibility index (Phi) is 5.28. The molecule has 0 fully saturated rings. The van der Waals surface area contributed by atoms with E-state index >= 15 is 0 Å². The van der Waals surface area contributed by atoms with Crippen LogP contribution in [-0.4, -0.2) is 17.0 Å². The quantitative estimate of drug-likeness (QED) is 0.532. The van der Waals surface area contributed by atoms with Gasteiger partial charge in [-0.3, -0.25) is 4.79 Å². The first-order valence-corrected chi connectivity index (χ1v) is 8.56. The predicted octanol–water partition coefficient (Wildman–Crippen LogP) is 5.68. The summed E-state index contributed by atoms with van der Waals surface area (Å²) in [5.74, 6) is -2.07. The number of rotatable bonds is 4. The smallest absolute Gasteiger partial charge is 0.416 e. The normalized spacial score (nSPS) is 11.3. The number of carbonyl (C=O) groups excluding carboxylic acids is 1. The van der Waals surface area contributed by atoms with Gasteiger partial charge in [-0.05, 0) is 42.5 Å². The third-order valence-electron chi connectivity index (χ3n) is 3.76. The molecule has 0 bridgehead atoms. The highest BCUT2D eigenvalue weighted by Crippen LogP contribution is 2.32. The molecule has 0 aliphatic heterocycles. The monoisotopic (exact) mass is 453 g/mol. The van der Waals surface area contributed by atoms with Gasteiger partial charge in [0.25, 0.3) is 5.91 Å². The maximum absolute atomic E-state index is 12.8. The van der Waals surface area contributed by atoms with Crippen LogP contribution in [0.3, 0.4) is 0 Å². The molecule has 5 nitrogen and oxygen atoms in total. The van der Waals surface area contributed by atoms with E-state index in [4.69, 9.17) is 4.42 Å². The molecule has 28 heavy (non-hydrogen) atoms. The Hall–Kier alpha value is -3.07. The van der Waals surface area contributed by atoms with Crippen LogP contribution in [0.4, 0.5) is 18.9 Å². The molecule has 0 atom stereocenters. The van der Waals surface area contributed by atoms with Gasteiger partial charge in [0, 0.05) is 10.0 Å². The molecule has 1 amide bonds. The van der Waals surface area contributed by atoms with Gasteiger partial charge in [0.2, 0.25) is 0 Å². The number of aromatic carboxylic acids is 1. The highest BCUT2D eigenvalue weighted by atomic mass is 79.9. The zero-order valence-corrected chi connectivity index (χ0v) is 15.5. The highest BCUT2D eigenvalue weighted by Gasteiger charge is 2.30. The summed E-state index contributed by atoms with van der Waals surface area (Å²) in [5, 5.41) is 11.7. The van der Waals surface area contributed by atoms with Crippen LogP contribution in [0.15, 0.2) is 63.5 Å². The van der Waals surface area contributed by atoms with Crippen molar-refractivity contribution in [2.24, 2.45) is 0 Å². The largest absolute Gasteiger partial charge is 0.478 e. The first-order valence-electron chi connectivity index (χ1n) is 7.77. The molecular formula is C19H11BrF3NO4. The van der Waals surface area contributed by atoms with Crippen LogP contribution in [0, 0.1) is 0 Å². The number of carbonyl (C=O) groups is 2. The highest BCUT2D eigenvalue weighted by molar-refractivity contribution is 9.10. The summed E-state index contributed by atoms with van der Waals surface area (Å²) in [6.07, 6.45) is -4.50. The lowest BCUT2D eigenvalue weighted by molar-refractivity contribution is -0.137. The summed E-state index contributed by atoms with van der Waals surface area (Å²) in [5.41, 5.74) is -0.762. The van der Waals surface area contributed by atoms with Gasteiger partial charge in [-0.2, -0.15) is 13.2 Å². The van der Waals surface area contributed by atoms with Gasteiger partial charge in [0.1, 0.15) is 5.76 Å². The van der Waals surface area contributed by atoms with Crippen molar-refractivity contribution in [3.63, 3.8) is 0 Å². The summed E-state index contributed by atoms with van der Waals surface area (Å²) in [4.78, 5) is 23.7. The molecule has 9 heteroatoms. The fraction of sp³-hybridized carbons (Fsp3) is 0.0526. The Morgan fingerprint density at radius 2 is 1.79 bits per heavy atom. The second-order valence-electron chi connectivity index (χ2n) is 5.69. The molecular weight excluding hydrogens is 443 g/mol. The lowest BCUT2D eigenvalue weighted by Gasteiger charge is -2.08. The van der Waals surface area contributed by atoms with E-state index in [-0.39, 0.29) is 28.3 Å². The first-order chi connectivity index (χ1) is 13.1. The van der Waals surface area contributed by atoms with Crippen molar-refractivity contribution in [2.45, 2.75) is 6.18 Å². The van der Waals surface area contributed by atoms with E-state index in [2.05, 4.69) is 21.2 Å². The van der Waals surface area contributed by atoms with Gasteiger partial charge in [0.15, 0.2) is 5.76 Å². The zero-order chi connectivity index (χ0) is 20.5. The first kappa shape index (κ1) is 19.7. The van der Waals surface area contributed by atoms with Gasteiger partial charge in [-0.1, -0.05) is 28.1 Å². The average Bonchev–Trinajstić information content (AvgIpc) is 3.13. The van der Waals surface area contributed by atoms with E-state index in [0.717, 1.165) is 12.1 Å². The van der Waals surface area contributed by atoms with Crippen LogP contribution < -0.4 is 5.32 Å². The molecule has 1 heterocycles. The van der Waals surface area contributed by atoms with E-state index in [0.29, 0.717) is 4.47 Å². The summed E-state index contributed by atoms with van der Waals surface area (Å²) in [6, 6.07) is 11.5. The topological polar surface area (TPSA) is 79.5 Å². The molecule has 0 unspecified atom stereocenters. The molecule has 3 aromatic rings. The van der Waals surface area contributed by atoms with Crippen LogP contribution >= 0.6 is 15.9 Å². The third kappa shape index (κ3) is 4.25. The molecule has 2 aromatic carbocycles. The number of carboxylic acid groups (broad SMARTS) is 1. The fourth-order valence-corrected chi connectivity index (χ4v) is 2.81. The standard InChI is InChI=1S/C19H11BrF3NO4/c20-12-4-5-14(13(9-12)18(26)27)24-17(25)16-7-6-15(28-16)10-2-1-3-11(8-10)19(21,22)23/h1-9H,(H,24,25)(H,26,27). The molecule has 0 spiro atoms. The second kappa shape index (κ2) is 7.51. The maximum atomic E-state index is 12.8. The SMILES string of the molecule is O=C(Nc1ccc(Br)cc1C(=O)O)c1ccc(-c2cccc(C(F)(F)F)c2)o1. The number of hydrogen-bond donors (Lipinski definition) is 2. The van der Waals surface area contributed by atoms with Crippen LogP contribution in [0.1, 0.15) is 26.5 Å². The minimum atomic E-state index is -4.50. The summed E-state index contributed by atoms with van der Waals surface area (Å²) in [7, 11) is 0. The van der Waals surface area contributed by atoms with Crippen molar-refractivity contribution in [1.29, 1.82) is 0 Å². The predicted molar refractivity (Wildman–Crippen MR) is 98.2 cm³/mol. The molecule has 0 saturated heterocycles. The molecule has 2 N–H and O–H groups in total. The summed E-state index contributed by atoms with van der Waals surface area (Å²) < 4.78 is 44.4. The Morgan fingerprint density at radius 3 is 2.46 bits per heavy atom. The van der Waals surface area contributed by atoms with Gasteiger partial charge in [-0.25, -0.2) is 4.79 Å². The summed E-state index contributed by atoms with van der Waals surface area (Å²) >= 11 is 3.15. The van der Waals surface area contributed by atoms with Crippen LogP contribution in [0.5, 0.6) is 0 Å². The van der Waals surface area contributed by atoms with Crippen LogP contribution in [0.2, 0.25) is 0 Å². The minimum Gasteiger partial charge on any atom is -0.478 e. The fourth-order valence-electron chi connectivity index (χ4n) is 2.45. The average molecular weight is 454 g/mol. The number of carboxylic acids is 1. The van der Waals surface area contributed by atoms with Gasteiger partial charge in [-0.15, -0.1) is 0 Å². The number of anilines is 1. The van der Waals surface area contributed by atoms with E-state index < -0.39 is 23.6 Å². The van der Waals surface area contributed by atoms with E-state index in [1.807, 2.05) is 0 Å². The Bertz CT molecular complexity index is 1060. The Morgan fingerprint density at radius 1 is 1.04 bits per heavy atom. The van der Waals surface area contributed by atoms with E-state index in [1.54, 1.807) is 6.07 Å². The number of furan rings is 1. The van der Waals surface area contributed by atoms with Crippen LogP contribution in [0.25, 0.3) is 11.3 Å². The number of nitrogens with one attached hydrogen (secondary N) is 1. The van der Waals surface area contributed by atoms with Crippen molar-refractivity contribution in [3.8, 4) is 11.3 Å².